The fourth-order valence-corrected chi connectivity index (χ4v) is 2.95. The fraction of sp³-hybridized carbons (Fsp3) is 0.353. The van der Waals surface area contributed by atoms with E-state index in [1.807, 2.05) is 6.07 Å². The number of urea groups is 1. The molecule has 0 bridgehead atoms. The van der Waals surface area contributed by atoms with E-state index in [0.717, 1.165) is 0 Å². The average molecular weight is 380 g/mol. The lowest BCUT2D eigenvalue weighted by atomic mass is 10.1. The number of nitrogens with zero attached hydrogens (tertiary/aromatic N) is 4. The summed E-state index contributed by atoms with van der Waals surface area (Å²) in [6.45, 7) is 0.271. The fourth-order valence-electron chi connectivity index (χ4n) is 2.78. The number of halogens is 3. The van der Waals surface area contributed by atoms with Gasteiger partial charge in [0.1, 0.15) is 6.07 Å². The van der Waals surface area contributed by atoms with Crippen LogP contribution in [0.4, 0.5) is 19.4 Å². The van der Waals surface area contributed by atoms with Crippen LogP contribution in [0.1, 0.15) is 24.8 Å². The average Bonchev–Trinajstić information content (AvgIpc) is 2.97. The Morgan fingerprint density at radius 1 is 1.31 bits per heavy atom. The first-order valence-corrected chi connectivity index (χ1v) is 8.45. The Morgan fingerprint density at radius 2 is 2.12 bits per heavy atom. The minimum Gasteiger partial charge on any atom is -0.324 e. The zero-order chi connectivity index (χ0) is 18.7. The summed E-state index contributed by atoms with van der Waals surface area (Å²) in [5.74, 6) is -2.45. The summed E-state index contributed by atoms with van der Waals surface area (Å²) < 4.78 is 28.3. The van der Waals surface area contributed by atoms with Gasteiger partial charge in [-0.1, -0.05) is 11.6 Å². The van der Waals surface area contributed by atoms with Crippen molar-refractivity contribution >= 4 is 23.4 Å². The monoisotopic (exact) mass is 379 g/mol. The highest BCUT2D eigenvalue weighted by molar-refractivity contribution is 6.30. The summed E-state index contributed by atoms with van der Waals surface area (Å²) >= 11 is 5.88. The third kappa shape index (κ3) is 4.11. The largest absolute Gasteiger partial charge is 0.324 e. The number of hydrogen-bond donors (Lipinski definition) is 1. The SMILES string of the molecule is N#Cc1cc(Cl)ccc1-n1ccc(NC(=O)N2CCCC(F)(F)CC2)n1. The number of aromatic nitrogens is 2. The number of alkyl halides is 2. The number of carbonyl (C=O) groups is 1. The Morgan fingerprint density at radius 3 is 2.88 bits per heavy atom. The van der Waals surface area contributed by atoms with Crippen molar-refractivity contribution in [1.82, 2.24) is 14.7 Å². The van der Waals surface area contributed by atoms with Crippen LogP contribution < -0.4 is 5.32 Å². The zero-order valence-electron chi connectivity index (χ0n) is 13.8. The van der Waals surface area contributed by atoms with E-state index in [2.05, 4.69) is 10.4 Å². The predicted molar refractivity (Wildman–Crippen MR) is 92.7 cm³/mol. The molecule has 0 radical (unpaired) electrons. The molecule has 2 aromatic rings. The first-order valence-electron chi connectivity index (χ1n) is 8.07. The van der Waals surface area contributed by atoms with E-state index in [1.54, 1.807) is 24.4 Å². The molecule has 1 aliphatic heterocycles. The van der Waals surface area contributed by atoms with E-state index in [1.165, 1.54) is 15.6 Å². The van der Waals surface area contributed by atoms with Crippen molar-refractivity contribution in [3.63, 3.8) is 0 Å². The molecule has 0 unspecified atom stereocenters. The number of rotatable bonds is 2. The van der Waals surface area contributed by atoms with Crippen LogP contribution in [0.2, 0.25) is 5.02 Å². The Labute approximate surface area is 154 Å². The maximum Gasteiger partial charge on any atom is 0.323 e. The highest BCUT2D eigenvalue weighted by Crippen LogP contribution is 2.28. The van der Waals surface area contributed by atoms with Gasteiger partial charge in [-0.3, -0.25) is 5.32 Å². The van der Waals surface area contributed by atoms with Crippen LogP contribution in [0.5, 0.6) is 0 Å². The number of anilines is 1. The van der Waals surface area contributed by atoms with Crippen molar-refractivity contribution in [3.8, 4) is 11.8 Å². The lowest BCUT2D eigenvalue weighted by molar-refractivity contribution is -0.0121. The minimum absolute atomic E-state index is 0.00466. The standard InChI is InChI=1S/C17H16ClF2N5O/c18-13-2-3-14(12(10-13)11-21)25-8-4-15(23-25)22-16(26)24-7-1-5-17(19,20)6-9-24/h2-4,8,10H,1,5-7,9H2,(H,22,23,26). The van der Waals surface area contributed by atoms with Crippen molar-refractivity contribution in [2.45, 2.75) is 25.2 Å². The van der Waals surface area contributed by atoms with E-state index in [9.17, 15) is 18.8 Å². The third-order valence-corrected chi connectivity index (χ3v) is 4.39. The number of nitriles is 1. The number of amides is 2. The molecule has 0 aliphatic carbocycles. The Kier molecular flexibility index (Phi) is 5.09. The molecular weight excluding hydrogens is 364 g/mol. The van der Waals surface area contributed by atoms with Gasteiger partial charge < -0.3 is 4.90 Å². The second-order valence-electron chi connectivity index (χ2n) is 6.05. The van der Waals surface area contributed by atoms with Crippen LogP contribution in [-0.2, 0) is 0 Å². The van der Waals surface area contributed by atoms with Gasteiger partial charge >= 0.3 is 6.03 Å². The molecule has 2 amide bonds. The van der Waals surface area contributed by atoms with E-state index < -0.39 is 12.0 Å². The first-order chi connectivity index (χ1) is 12.4. The summed E-state index contributed by atoms with van der Waals surface area (Å²) in [4.78, 5) is 13.7. The van der Waals surface area contributed by atoms with Gasteiger partial charge in [0.05, 0.1) is 11.3 Å². The Bertz CT molecular complexity index is 861. The van der Waals surface area contributed by atoms with Crippen LogP contribution in [0, 0.1) is 11.3 Å². The molecule has 1 aromatic heterocycles. The van der Waals surface area contributed by atoms with Crippen molar-refractivity contribution in [2.75, 3.05) is 18.4 Å². The second kappa shape index (κ2) is 7.30. The van der Waals surface area contributed by atoms with Crippen LogP contribution in [0.15, 0.2) is 30.5 Å². The van der Waals surface area contributed by atoms with Crippen LogP contribution in [-0.4, -0.2) is 39.7 Å². The predicted octanol–water partition coefficient (Wildman–Crippen LogP) is 4.05. The molecule has 1 aromatic carbocycles. The van der Waals surface area contributed by atoms with Gasteiger partial charge in [-0.15, -0.1) is 5.10 Å². The highest BCUT2D eigenvalue weighted by Gasteiger charge is 2.33. The van der Waals surface area contributed by atoms with Gasteiger partial charge in [-0.25, -0.2) is 18.3 Å². The molecule has 0 spiro atoms. The first kappa shape index (κ1) is 18.1. The van der Waals surface area contributed by atoms with Crippen LogP contribution in [0.3, 0.4) is 0 Å². The van der Waals surface area contributed by atoms with Gasteiger partial charge in [-0.05, 0) is 24.6 Å². The molecule has 1 N–H and O–H groups in total. The zero-order valence-corrected chi connectivity index (χ0v) is 14.5. The van der Waals surface area contributed by atoms with Crippen molar-refractivity contribution in [2.24, 2.45) is 0 Å². The van der Waals surface area contributed by atoms with Crippen molar-refractivity contribution in [1.29, 1.82) is 5.26 Å². The molecule has 0 atom stereocenters. The maximum atomic E-state index is 13.4. The summed E-state index contributed by atoms with van der Waals surface area (Å²) in [6, 6.07) is 7.95. The van der Waals surface area contributed by atoms with E-state index >= 15 is 0 Å². The molecule has 9 heteroatoms. The normalized spacial score (nSPS) is 16.6. The minimum atomic E-state index is -2.72. The number of hydrogen-bond acceptors (Lipinski definition) is 3. The molecule has 0 saturated carbocycles. The highest BCUT2D eigenvalue weighted by atomic mass is 35.5. The molecule has 1 fully saturated rings. The van der Waals surface area contributed by atoms with Crippen LogP contribution >= 0.6 is 11.6 Å². The molecule has 3 rings (SSSR count). The van der Waals surface area contributed by atoms with Gasteiger partial charge in [0, 0.05) is 43.2 Å². The molecular formula is C17H16ClF2N5O. The van der Waals surface area contributed by atoms with E-state index in [0.29, 0.717) is 16.3 Å². The van der Waals surface area contributed by atoms with Gasteiger partial charge in [0.25, 0.3) is 0 Å². The molecule has 1 aliphatic rings. The Hall–Kier alpha value is -2.66. The van der Waals surface area contributed by atoms with Crippen molar-refractivity contribution < 1.29 is 13.6 Å². The summed E-state index contributed by atoms with van der Waals surface area (Å²) in [5.41, 5.74) is 0.861. The van der Waals surface area contributed by atoms with Gasteiger partial charge in [0.15, 0.2) is 5.82 Å². The third-order valence-electron chi connectivity index (χ3n) is 4.16. The summed E-state index contributed by atoms with van der Waals surface area (Å²) in [6.07, 6.45) is 1.30. The van der Waals surface area contributed by atoms with Crippen molar-refractivity contribution in [3.05, 3.63) is 41.0 Å². The molecule has 6 nitrogen and oxygen atoms in total. The molecule has 136 valence electrons. The second-order valence-corrected chi connectivity index (χ2v) is 6.48. The number of carbonyl (C=O) groups excluding carboxylic acids is 1. The molecule has 26 heavy (non-hydrogen) atoms. The summed E-state index contributed by atoms with van der Waals surface area (Å²) in [5, 5.41) is 16.5. The number of nitrogens with one attached hydrogen (secondary N) is 1. The quantitative estimate of drug-likeness (QED) is 0.855. The number of benzene rings is 1. The number of likely N-dealkylation sites (tertiary alicyclic amines) is 1. The van der Waals surface area contributed by atoms with E-state index in [-0.39, 0.29) is 38.2 Å². The summed E-state index contributed by atoms with van der Waals surface area (Å²) in [7, 11) is 0. The lowest BCUT2D eigenvalue weighted by Crippen LogP contribution is -2.36. The smallest absolute Gasteiger partial charge is 0.323 e. The maximum absolute atomic E-state index is 13.4. The van der Waals surface area contributed by atoms with Gasteiger partial charge in [-0.2, -0.15) is 5.26 Å². The Balaban J connectivity index is 1.71. The van der Waals surface area contributed by atoms with Gasteiger partial charge in [0.2, 0.25) is 5.92 Å². The topological polar surface area (TPSA) is 74.0 Å². The van der Waals surface area contributed by atoms with E-state index in [4.69, 9.17) is 11.6 Å². The lowest BCUT2D eigenvalue weighted by Gasteiger charge is -2.20. The molecule has 1 saturated heterocycles. The van der Waals surface area contributed by atoms with Crippen LogP contribution in [0.25, 0.3) is 5.69 Å². The molecule has 2 heterocycles.